The Bertz CT molecular complexity index is 1130. The quantitative estimate of drug-likeness (QED) is 0.425. The molecule has 170 valence electrons. The average molecular weight is 463 g/mol. The number of nitrogens with zero attached hydrogens (tertiary/aromatic N) is 4. The largest absolute Gasteiger partial charge is 0.388 e. The Balaban J connectivity index is 1.79. The zero-order valence-electron chi connectivity index (χ0n) is 18.2. The number of anilines is 1. The predicted octanol–water partition coefficient (Wildman–Crippen LogP) is 2.99. The van der Waals surface area contributed by atoms with E-state index < -0.39 is 16.8 Å². The van der Waals surface area contributed by atoms with Crippen LogP contribution in [-0.2, 0) is 4.79 Å². The summed E-state index contributed by atoms with van der Waals surface area (Å²) in [7, 11) is 0. The summed E-state index contributed by atoms with van der Waals surface area (Å²) in [6.07, 6.45) is 2.76. The maximum absolute atomic E-state index is 12.3. The maximum Gasteiger partial charge on any atom is 0.235 e. The van der Waals surface area contributed by atoms with E-state index in [1.165, 1.54) is 0 Å². The van der Waals surface area contributed by atoms with Crippen molar-refractivity contribution in [3.8, 4) is 6.07 Å². The molecule has 1 saturated heterocycles. The van der Waals surface area contributed by atoms with Gasteiger partial charge in [-0.2, -0.15) is 5.26 Å². The summed E-state index contributed by atoms with van der Waals surface area (Å²) in [5, 5.41) is 20.3. The van der Waals surface area contributed by atoms with Crippen LogP contribution in [0.3, 0.4) is 0 Å². The summed E-state index contributed by atoms with van der Waals surface area (Å²) < 4.78 is 0. The molecular formula is C24H26N6O2S. The van der Waals surface area contributed by atoms with E-state index in [0.29, 0.717) is 48.0 Å². The second-order valence-electron chi connectivity index (χ2n) is 8.60. The highest BCUT2D eigenvalue weighted by atomic mass is 32.2. The number of thioether (sulfide) groups is 1. The first-order valence-electron chi connectivity index (χ1n) is 10.9. The molecule has 2 aromatic rings. The lowest BCUT2D eigenvalue weighted by Crippen LogP contribution is -2.49. The molecule has 8 nitrogen and oxygen atoms in total. The second kappa shape index (κ2) is 9.40. The van der Waals surface area contributed by atoms with Gasteiger partial charge in [-0.1, -0.05) is 42.1 Å². The molecule has 1 aliphatic carbocycles. The van der Waals surface area contributed by atoms with Crippen molar-refractivity contribution in [1.82, 2.24) is 4.98 Å². The molecule has 2 aliphatic rings. The van der Waals surface area contributed by atoms with E-state index in [4.69, 9.17) is 23.0 Å². The van der Waals surface area contributed by atoms with E-state index in [1.807, 2.05) is 35.2 Å². The number of aliphatic hydroxyl groups is 1. The molecule has 1 unspecified atom stereocenters. The third-order valence-corrected chi connectivity index (χ3v) is 7.59. The minimum atomic E-state index is -0.914. The van der Waals surface area contributed by atoms with Gasteiger partial charge in [0, 0.05) is 19.6 Å². The van der Waals surface area contributed by atoms with Crippen LogP contribution in [0.4, 0.5) is 11.5 Å². The van der Waals surface area contributed by atoms with Crippen LogP contribution in [0.25, 0.3) is 4.85 Å². The van der Waals surface area contributed by atoms with Crippen molar-refractivity contribution >= 4 is 29.2 Å². The van der Waals surface area contributed by atoms with Gasteiger partial charge in [0.15, 0.2) is 0 Å². The molecule has 33 heavy (non-hydrogen) atoms. The minimum Gasteiger partial charge on any atom is -0.388 e. The Labute approximate surface area is 197 Å². The van der Waals surface area contributed by atoms with E-state index in [1.54, 1.807) is 0 Å². The number of rotatable bonds is 7. The van der Waals surface area contributed by atoms with Gasteiger partial charge in [-0.3, -0.25) is 4.79 Å². The van der Waals surface area contributed by atoms with E-state index in [9.17, 15) is 15.2 Å². The monoisotopic (exact) mass is 462 g/mol. The standard InChI is InChI=1S/C24H26N6O2S/c1-28-19-18(15-7-8-15)17(13-25)23(33-20(21(27)31)16-5-3-2-4-6-16)29-22(19)30-11-9-24(32,14-26)10-12-30/h2-6,15,20,32H,7-12,14,26H2,(H2,27,31). The number of benzene rings is 1. The van der Waals surface area contributed by atoms with Crippen LogP contribution in [0.5, 0.6) is 0 Å². The van der Waals surface area contributed by atoms with E-state index in [0.717, 1.165) is 35.7 Å². The number of carbonyl (C=O) groups excluding carboxylic acids is 1. The number of hydrogen-bond donors (Lipinski definition) is 3. The Morgan fingerprint density at radius 3 is 2.55 bits per heavy atom. The fraction of sp³-hybridized carbons (Fsp3) is 0.417. The number of hydrogen-bond acceptors (Lipinski definition) is 7. The van der Waals surface area contributed by atoms with Crippen molar-refractivity contribution in [2.45, 2.75) is 47.5 Å². The van der Waals surface area contributed by atoms with Gasteiger partial charge in [0.1, 0.15) is 22.2 Å². The molecule has 0 radical (unpaired) electrons. The molecule has 1 aliphatic heterocycles. The molecule has 9 heteroatoms. The Hall–Kier alpha value is -3.11. The normalized spacial score (nSPS) is 18.2. The zero-order chi connectivity index (χ0) is 23.6. The van der Waals surface area contributed by atoms with Crippen LogP contribution in [0, 0.1) is 17.9 Å². The van der Waals surface area contributed by atoms with E-state index in [-0.39, 0.29) is 12.5 Å². The van der Waals surface area contributed by atoms with Gasteiger partial charge in [0.2, 0.25) is 11.6 Å². The van der Waals surface area contributed by atoms with Crippen molar-refractivity contribution in [1.29, 1.82) is 5.26 Å². The highest BCUT2D eigenvalue weighted by molar-refractivity contribution is 8.00. The topological polar surface area (TPSA) is 134 Å². The summed E-state index contributed by atoms with van der Waals surface area (Å²) in [5.74, 6) is 0.120. The molecule has 2 fully saturated rings. The number of nitrogens with two attached hydrogens (primary N) is 2. The molecule has 5 N–H and O–H groups in total. The molecule has 0 bridgehead atoms. The van der Waals surface area contributed by atoms with E-state index in [2.05, 4.69) is 10.9 Å². The van der Waals surface area contributed by atoms with Crippen molar-refractivity contribution in [2.75, 3.05) is 24.5 Å². The number of primary amides is 1. The van der Waals surface area contributed by atoms with E-state index >= 15 is 0 Å². The SMILES string of the molecule is [C-]#[N+]c1c(N2CCC(O)(CN)CC2)nc(SC(C(N)=O)c2ccccc2)c(C#N)c1C1CC1. The van der Waals surface area contributed by atoms with Crippen molar-refractivity contribution in [3.63, 3.8) is 0 Å². The minimum absolute atomic E-state index is 0.138. The first kappa shape index (κ1) is 23.1. The first-order valence-corrected chi connectivity index (χ1v) is 11.8. The van der Waals surface area contributed by atoms with Crippen LogP contribution < -0.4 is 16.4 Å². The Kier molecular flexibility index (Phi) is 6.57. The van der Waals surface area contributed by atoms with Gasteiger partial charge >= 0.3 is 0 Å². The number of pyridine rings is 1. The molecular weight excluding hydrogens is 436 g/mol. The number of nitriles is 1. The summed E-state index contributed by atoms with van der Waals surface area (Å²) in [4.78, 5) is 22.9. The lowest BCUT2D eigenvalue weighted by molar-refractivity contribution is -0.117. The third-order valence-electron chi connectivity index (χ3n) is 6.33. The van der Waals surface area contributed by atoms with Gasteiger partial charge in [0.05, 0.1) is 17.7 Å². The number of amides is 1. The summed E-state index contributed by atoms with van der Waals surface area (Å²) >= 11 is 1.16. The van der Waals surface area contributed by atoms with Gasteiger partial charge in [0.25, 0.3) is 0 Å². The van der Waals surface area contributed by atoms with Crippen LogP contribution in [0.15, 0.2) is 35.4 Å². The number of aromatic nitrogens is 1. The van der Waals surface area contributed by atoms with Gasteiger partial charge in [-0.25, -0.2) is 9.83 Å². The number of piperidine rings is 1. The average Bonchev–Trinajstić information content (AvgIpc) is 3.67. The molecule has 1 aromatic heterocycles. The van der Waals surface area contributed by atoms with Gasteiger partial charge in [-0.15, -0.1) is 0 Å². The lowest BCUT2D eigenvalue weighted by Gasteiger charge is -2.38. The molecule has 1 amide bonds. The summed E-state index contributed by atoms with van der Waals surface area (Å²) in [5.41, 5.74) is 12.8. The zero-order valence-corrected chi connectivity index (χ0v) is 19.0. The summed E-state index contributed by atoms with van der Waals surface area (Å²) in [6, 6.07) is 11.4. The molecule has 1 saturated carbocycles. The van der Waals surface area contributed by atoms with Crippen molar-refractivity contribution in [3.05, 3.63) is 58.4 Å². The number of carbonyl (C=O) groups is 1. The molecule has 4 rings (SSSR count). The van der Waals surface area contributed by atoms with Crippen LogP contribution in [0.1, 0.15) is 53.5 Å². The highest BCUT2D eigenvalue weighted by Crippen LogP contribution is 2.52. The van der Waals surface area contributed by atoms with Crippen LogP contribution in [-0.4, -0.2) is 41.2 Å². The van der Waals surface area contributed by atoms with Gasteiger partial charge in [-0.05, 0) is 42.7 Å². The molecule has 2 heterocycles. The molecule has 0 spiro atoms. The smallest absolute Gasteiger partial charge is 0.235 e. The predicted molar refractivity (Wildman–Crippen MR) is 127 cm³/mol. The third kappa shape index (κ3) is 4.67. The maximum atomic E-state index is 12.3. The van der Waals surface area contributed by atoms with Crippen LogP contribution >= 0.6 is 11.8 Å². The Morgan fingerprint density at radius 1 is 1.36 bits per heavy atom. The fourth-order valence-corrected chi connectivity index (χ4v) is 5.27. The first-order chi connectivity index (χ1) is 15.9. The molecule has 1 aromatic carbocycles. The summed E-state index contributed by atoms with van der Waals surface area (Å²) in [6.45, 7) is 9.05. The highest BCUT2D eigenvalue weighted by Gasteiger charge is 2.37. The molecule has 1 atom stereocenters. The second-order valence-corrected chi connectivity index (χ2v) is 9.70. The van der Waals surface area contributed by atoms with Crippen LogP contribution in [0.2, 0.25) is 0 Å². The van der Waals surface area contributed by atoms with Gasteiger partial charge < -0.3 is 21.5 Å². The fourth-order valence-electron chi connectivity index (χ4n) is 4.22. The van der Waals surface area contributed by atoms with Crippen molar-refractivity contribution < 1.29 is 9.90 Å². The Morgan fingerprint density at radius 2 is 2.03 bits per heavy atom. The van der Waals surface area contributed by atoms with Crippen molar-refractivity contribution in [2.24, 2.45) is 11.5 Å². The lowest BCUT2D eigenvalue weighted by atomic mass is 9.91.